The lowest BCUT2D eigenvalue weighted by atomic mass is 9.88. The van der Waals surface area contributed by atoms with Gasteiger partial charge in [-0.15, -0.1) is 0 Å². The van der Waals surface area contributed by atoms with Gasteiger partial charge in [-0.1, -0.05) is 0 Å². The van der Waals surface area contributed by atoms with Gasteiger partial charge in [0, 0.05) is 26.7 Å². The van der Waals surface area contributed by atoms with Crippen LogP contribution in [-0.4, -0.2) is 389 Å². The Morgan fingerprint density at radius 3 is 1.33 bits per heavy atom. The summed E-state index contributed by atoms with van der Waals surface area (Å²) < 4.78 is 58.1. The van der Waals surface area contributed by atoms with Crippen molar-refractivity contribution >= 4 is 29.7 Å². The van der Waals surface area contributed by atoms with Crippen LogP contribution in [0.25, 0.3) is 0 Å². The highest BCUT2D eigenvalue weighted by molar-refractivity contribution is 5.78. The van der Waals surface area contributed by atoms with Crippen molar-refractivity contribution in [3.05, 3.63) is 0 Å². The summed E-state index contributed by atoms with van der Waals surface area (Å²) in [5.74, 6) is -14.6. The van der Waals surface area contributed by atoms with Crippen LogP contribution in [0.3, 0.4) is 0 Å². The van der Waals surface area contributed by atoms with Gasteiger partial charge in [0.2, 0.25) is 17.7 Å². The SMILES string of the molecule is CC(=O)N[C@H]1[C@H](O[C@@H]2[C@H](O[C@]3(C(=O)O)C[C@H](O)[C@@H](NC(C)=O)[C@H]([C@H](O)[C@H](O)CO)O3)[C@@H](O)[C@H](O[C@@H]([C@H](O)[C@@H](O)CO)[C@H](O)CO)O[C@@H]2CO)O[C@H](CO)[C@H](O)[C@@H]1O[C@@H]1O[C@H](CO)[C@H](O)[C@H](O[C@]2(C(=O)O)C[C@H](O)[C@@H](NC(=O)CO)[C@H]([C@H](O)[C@H](O)CO)O2)[C@H]1O. The zero-order chi connectivity index (χ0) is 66.9. The summed E-state index contributed by atoms with van der Waals surface area (Å²) in [4.78, 5) is 64.5. The lowest BCUT2D eigenvalue weighted by Crippen LogP contribution is -2.72. The van der Waals surface area contributed by atoms with E-state index in [2.05, 4.69) is 10.6 Å². The van der Waals surface area contributed by atoms with Gasteiger partial charge in [0.05, 0.1) is 70.5 Å². The average molecular weight is 1310 g/mol. The van der Waals surface area contributed by atoms with Gasteiger partial charge in [0.25, 0.3) is 11.6 Å². The summed E-state index contributed by atoms with van der Waals surface area (Å²) in [5.41, 5.74) is 0. The van der Waals surface area contributed by atoms with Gasteiger partial charge in [0.1, 0.15) is 141 Å². The minimum absolute atomic E-state index is 0.840. The second-order valence-electron chi connectivity index (χ2n) is 21.6. The summed E-state index contributed by atoms with van der Waals surface area (Å²) >= 11 is 0. The molecule has 0 unspecified atom stereocenters. The molecule has 41 heteroatoms. The van der Waals surface area contributed by atoms with E-state index in [0.717, 1.165) is 13.8 Å². The summed E-state index contributed by atoms with van der Waals surface area (Å²) in [6.07, 6.45) is -63.2. The van der Waals surface area contributed by atoms with E-state index in [9.17, 15) is 141 Å². The first-order chi connectivity index (χ1) is 41.8. The number of aliphatic carboxylic acids is 2. The Kier molecular flexibility index (Phi) is 27.9. The van der Waals surface area contributed by atoms with E-state index >= 15 is 0 Å². The van der Waals surface area contributed by atoms with Crippen LogP contribution < -0.4 is 16.0 Å². The van der Waals surface area contributed by atoms with Crippen molar-refractivity contribution in [2.24, 2.45) is 0 Å². The van der Waals surface area contributed by atoms with E-state index in [4.69, 9.17) is 47.4 Å². The maximum Gasteiger partial charge on any atom is 0.364 e. The summed E-state index contributed by atoms with van der Waals surface area (Å²) in [7, 11) is 0. The fourth-order valence-electron chi connectivity index (χ4n) is 10.7. The fourth-order valence-corrected chi connectivity index (χ4v) is 10.7. The Bertz CT molecular complexity index is 2290. The lowest BCUT2D eigenvalue weighted by molar-refractivity contribution is -0.400. The van der Waals surface area contributed by atoms with Gasteiger partial charge in [0.15, 0.2) is 18.9 Å². The number of aliphatic hydroxyl groups is 21. The molecule has 0 aromatic carbocycles. The number of amides is 3. The molecule has 0 aliphatic carbocycles. The van der Waals surface area contributed by atoms with Gasteiger partial charge in [-0.25, -0.2) is 9.59 Å². The first-order valence-corrected chi connectivity index (χ1v) is 27.5. The molecule has 5 fully saturated rings. The molecule has 0 bridgehead atoms. The van der Waals surface area contributed by atoms with E-state index in [1.54, 1.807) is 0 Å². The predicted molar refractivity (Wildman–Crippen MR) is 272 cm³/mol. The van der Waals surface area contributed by atoms with Crippen LogP contribution in [0.1, 0.15) is 26.7 Å². The van der Waals surface area contributed by atoms with Crippen LogP contribution in [-0.2, 0) is 71.3 Å². The van der Waals surface area contributed by atoms with Crippen molar-refractivity contribution < 1.29 is 189 Å². The van der Waals surface area contributed by atoms with Crippen molar-refractivity contribution in [3.63, 3.8) is 0 Å². The molecule has 26 N–H and O–H groups in total. The Morgan fingerprint density at radius 2 is 0.888 bits per heavy atom. The highest BCUT2D eigenvalue weighted by Gasteiger charge is 2.64. The number of hydrogen-bond donors (Lipinski definition) is 26. The minimum atomic E-state index is -3.49. The largest absolute Gasteiger partial charge is 0.477 e. The molecule has 5 saturated heterocycles. The molecule has 0 radical (unpaired) electrons. The highest BCUT2D eigenvalue weighted by Crippen LogP contribution is 2.42. The fraction of sp³-hybridized carbons (Fsp3) is 0.896. The standard InChI is InChI=1S/C48H81N3O38/c1-13(60)49-25-15(62)3-48(46(78)79,86-38(25)29(70)18(65)6-53)89-41-34(75)44(83-35(20(67)8-55)28(69)17(64)5-52)82-23(11-58)36(41)84-42-27(50-14(2)61)37(31(72)21(9-56)80-42)85-43-33(74)40(32(73)22(10-57)81-43)88-47(45(76)77)4-16(63)26(51-24(68)12-59)39(87-47)30(71)19(66)7-54/h15-23,25-44,52-59,62-67,69-75H,3-12H2,1-2H3,(H,49,60)(H,50,61)(H,51,68)(H,76,77)(H,78,79)/t15-,16-,17-,18+,19+,20+,21+,22+,23+,25+,26+,27+,28+,29+,30+,31-,32-,33+,34+,35+,36-,37+,38+,39+,40-,41+,42-,43-,44-,47-,48-/m0/s1. The van der Waals surface area contributed by atoms with Crippen molar-refractivity contribution in [1.82, 2.24) is 16.0 Å². The van der Waals surface area contributed by atoms with Gasteiger partial charge >= 0.3 is 11.9 Å². The van der Waals surface area contributed by atoms with Crippen molar-refractivity contribution in [2.45, 2.75) is 216 Å². The van der Waals surface area contributed by atoms with Crippen LogP contribution in [0, 0.1) is 0 Å². The molecule has 31 atom stereocenters. The number of carbonyl (C=O) groups excluding carboxylic acids is 3. The number of carbonyl (C=O) groups is 5. The van der Waals surface area contributed by atoms with Crippen LogP contribution in [0.5, 0.6) is 0 Å². The Hall–Kier alpha value is -3.89. The molecule has 0 aromatic heterocycles. The number of carboxylic acid groups (broad SMARTS) is 2. The smallest absolute Gasteiger partial charge is 0.364 e. The Balaban J connectivity index is 1.62. The molecule has 0 aromatic rings. The predicted octanol–water partition coefficient (Wildman–Crippen LogP) is -16.6. The monoisotopic (exact) mass is 1310 g/mol. The average Bonchev–Trinajstić information content (AvgIpc) is 1.07. The molecule has 516 valence electrons. The van der Waals surface area contributed by atoms with Crippen LogP contribution in [0.4, 0.5) is 0 Å². The molecular formula is C48H81N3O38. The molecule has 5 rings (SSSR count). The number of ether oxygens (including phenoxy) is 10. The second kappa shape index (κ2) is 32.8. The van der Waals surface area contributed by atoms with Crippen LogP contribution in [0.2, 0.25) is 0 Å². The quantitative estimate of drug-likeness (QED) is 0.0318. The van der Waals surface area contributed by atoms with E-state index in [1.165, 1.54) is 0 Å². The molecular weight excluding hydrogens is 1230 g/mol. The zero-order valence-electron chi connectivity index (χ0n) is 47.2. The molecule has 5 aliphatic heterocycles. The number of nitrogens with one attached hydrogen (secondary N) is 3. The normalized spacial score (nSPS) is 40.5. The first kappa shape index (κ1) is 75.8. The van der Waals surface area contributed by atoms with Crippen molar-refractivity contribution in [3.8, 4) is 0 Å². The molecule has 0 spiro atoms. The van der Waals surface area contributed by atoms with Gasteiger partial charge < -0.3 is 181 Å². The molecule has 5 aliphatic rings. The van der Waals surface area contributed by atoms with E-state index in [1.807, 2.05) is 5.32 Å². The first-order valence-electron chi connectivity index (χ1n) is 27.5. The highest BCUT2D eigenvalue weighted by atomic mass is 16.8. The topological polar surface area (TPSA) is 679 Å². The molecule has 89 heavy (non-hydrogen) atoms. The van der Waals surface area contributed by atoms with Gasteiger partial charge in [-0.3, -0.25) is 14.4 Å². The number of rotatable bonds is 30. The number of aliphatic hydroxyl groups excluding tert-OH is 21. The molecule has 5 heterocycles. The number of hydrogen-bond acceptors (Lipinski definition) is 36. The lowest BCUT2D eigenvalue weighted by Gasteiger charge is -2.52. The van der Waals surface area contributed by atoms with Crippen LogP contribution in [0.15, 0.2) is 0 Å². The molecule has 3 amide bonds. The third-order valence-corrected chi connectivity index (χ3v) is 15.3. The maximum atomic E-state index is 13.6. The van der Waals surface area contributed by atoms with Gasteiger partial charge in [-0.2, -0.15) is 0 Å². The van der Waals surface area contributed by atoms with E-state index < -0.39 is 284 Å². The van der Waals surface area contributed by atoms with Gasteiger partial charge in [-0.05, 0) is 0 Å². The zero-order valence-corrected chi connectivity index (χ0v) is 47.2. The van der Waals surface area contributed by atoms with E-state index in [-0.39, 0.29) is 0 Å². The Morgan fingerprint density at radius 1 is 0.483 bits per heavy atom. The Labute approximate surface area is 502 Å². The third kappa shape index (κ3) is 17.1. The third-order valence-electron chi connectivity index (χ3n) is 15.3. The summed E-state index contributed by atoms with van der Waals surface area (Å²) in [6.45, 7) is -8.40. The van der Waals surface area contributed by atoms with Crippen molar-refractivity contribution in [2.75, 3.05) is 52.9 Å². The summed E-state index contributed by atoms with van der Waals surface area (Å²) in [6, 6.07) is -5.88. The molecule has 0 saturated carbocycles. The second-order valence-corrected chi connectivity index (χ2v) is 21.6. The van der Waals surface area contributed by atoms with Crippen molar-refractivity contribution in [1.29, 1.82) is 0 Å². The minimum Gasteiger partial charge on any atom is -0.477 e. The summed E-state index contributed by atoms with van der Waals surface area (Å²) in [5, 5.41) is 253. The maximum absolute atomic E-state index is 13.6. The molecule has 41 nitrogen and oxygen atoms in total. The van der Waals surface area contributed by atoms with E-state index in [0.29, 0.717) is 0 Å². The number of carboxylic acids is 2. The van der Waals surface area contributed by atoms with Crippen LogP contribution >= 0.6 is 0 Å².